The molecule has 0 unspecified atom stereocenters. The Labute approximate surface area is 181 Å². The summed E-state index contributed by atoms with van der Waals surface area (Å²) in [5, 5.41) is 20.9. The number of benzene rings is 3. The van der Waals surface area contributed by atoms with Crippen LogP contribution in [0.4, 0.5) is 10.1 Å². The van der Waals surface area contributed by atoms with Crippen LogP contribution >= 0.6 is 23.2 Å². The zero-order valence-electron chi connectivity index (χ0n) is 15.3. The molecule has 8 heteroatoms. The van der Waals surface area contributed by atoms with Crippen molar-refractivity contribution in [1.29, 1.82) is 5.26 Å². The van der Waals surface area contributed by atoms with E-state index in [1.807, 2.05) is 6.07 Å². The van der Waals surface area contributed by atoms with E-state index in [-0.39, 0.29) is 39.5 Å². The summed E-state index contributed by atoms with van der Waals surface area (Å²) < 4.78 is 18.9. The summed E-state index contributed by atoms with van der Waals surface area (Å²) in [6.07, 6.45) is 1.52. The fourth-order valence-electron chi connectivity index (χ4n) is 2.72. The summed E-state index contributed by atoms with van der Waals surface area (Å²) in [4.78, 5) is 10.4. The molecule has 3 aromatic carbocycles. The lowest BCUT2D eigenvalue weighted by Gasteiger charge is -2.11. The number of nitro groups is 1. The second-order valence-electron chi connectivity index (χ2n) is 6.21. The third-order valence-corrected chi connectivity index (χ3v) is 4.65. The molecule has 150 valence electrons. The Morgan fingerprint density at radius 2 is 1.83 bits per heavy atom. The largest absolute Gasteiger partial charge is 0.486 e. The van der Waals surface area contributed by atoms with E-state index in [0.29, 0.717) is 16.7 Å². The molecule has 0 aromatic heterocycles. The molecule has 0 saturated heterocycles. The zero-order valence-corrected chi connectivity index (χ0v) is 16.8. The van der Waals surface area contributed by atoms with Gasteiger partial charge in [-0.05, 0) is 47.0 Å². The number of non-ortho nitro benzene ring substituents is 1. The highest BCUT2D eigenvalue weighted by atomic mass is 35.5. The van der Waals surface area contributed by atoms with Crippen LogP contribution < -0.4 is 4.74 Å². The Bertz CT molecular complexity index is 1170. The number of nitrogens with zero attached hydrogens (tertiary/aromatic N) is 2. The maximum absolute atomic E-state index is 13.3. The van der Waals surface area contributed by atoms with Gasteiger partial charge in [0.25, 0.3) is 5.69 Å². The average molecular weight is 443 g/mol. The minimum absolute atomic E-state index is 0.0729. The molecule has 0 aliphatic rings. The van der Waals surface area contributed by atoms with E-state index in [0.717, 1.165) is 0 Å². The molecule has 0 heterocycles. The van der Waals surface area contributed by atoms with E-state index in [4.69, 9.17) is 27.9 Å². The maximum Gasteiger partial charge on any atom is 0.270 e. The summed E-state index contributed by atoms with van der Waals surface area (Å²) >= 11 is 12.6. The first-order chi connectivity index (χ1) is 14.4. The molecule has 0 amide bonds. The highest BCUT2D eigenvalue weighted by Gasteiger charge is 2.12. The number of rotatable bonds is 6. The predicted molar refractivity (Wildman–Crippen MR) is 114 cm³/mol. The number of allylic oxidation sites excluding steroid dienone is 1. The Balaban J connectivity index is 1.87. The lowest BCUT2D eigenvalue weighted by atomic mass is 10.0. The average Bonchev–Trinajstić information content (AvgIpc) is 2.71. The van der Waals surface area contributed by atoms with E-state index in [2.05, 4.69) is 0 Å². The van der Waals surface area contributed by atoms with Crippen LogP contribution in [0.25, 0.3) is 11.6 Å². The van der Waals surface area contributed by atoms with Crippen molar-refractivity contribution in [3.8, 4) is 11.8 Å². The van der Waals surface area contributed by atoms with Crippen molar-refractivity contribution in [1.82, 2.24) is 0 Å². The highest BCUT2D eigenvalue weighted by molar-refractivity contribution is 6.37. The molecule has 0 bridgehead atoms. The van der Waals surface area contributed by atoms with Gasteiger partial charge in [0.2, 0.25) is 0 Å². The standard InChI is InChI=1S/C22H13Cl2FN2O3/c23-20-9-15(7-17(12-26)16-4-2-6-19(11-16)27(28)29)10-21(24)22(20)30-13-14-3-1-5-18(25)8-14/h1-11H,13H2/b17-7-. The quantitative estimate of drug-likeness (QED) is 0.184. The molecule has 5 nitrogen and oxygen atoms in total. The molecule has 0 atom stereocenters. The van der Waals surface area contributed by atoms with Gasteiger partial charge in [-0.2, -0.15) is 5.26 Å². The molecule has 0 fully saturated rings. The molecule has 0 saturated carbocycles. The molecule has 3 rings (SSSR count). The van der Waals surface area contributed by atoms with Crippen LogP contribution in [-0.4, -0.2) is 4.92 Å². The van der Waals surface area contributed by atoms with Gasteiger partial charge in [0, 0.05) is 12.1 Å². The van der Waals surface area contributed by atoms with Crippen LogP contribution in [0, 0.1) is 27.3 Å². The van der Waals surface area contributed by atoms with E-state index in [9.17, 15) is 19.8 Å². The normalized spacial score (nSPS) is 11.1. The van der Waals surface area contributed by atoms with Gasteiger partial charge in [-0.1, -0.05) is 47.5 Å². The molecule has 0 aliphatic carbocycles. The zero-order chi connectivity index (χ0) is 21.7. The maximum atomic E-state index is 13.3. The van der Waals surface area contributed by atoms with E-state index in [1.54, 1.807) is 30.3 Å². The Hall–Kier alpha value is -3.40. The van der Waals surface area contributed by atoms with Gasteiger partial charge in [-0.3, -0.25) is 10.1 Å². The van der Waals surface area contributed by atoms with Gasteiger partial charge >= 0.3 is 0 Å². The van der Waals surface area contributed by atoms with Crippen molar-refractivity contribution in [3.05, 3.63) is 103 Å². The molecule has 3 aromatic rings. The predicted octanol–water partition coefficient (Wildman–Crippen LogP) is 6.68. The van der Waals surface area contributed by atoms with Gasteiger partial charge in [-0.25, -0.2) is 4.39 Å². The summed E-state index contributed by atoms with van der Waals surface area (Å²) in [6, 6.07) is 16.9. The van der Waals surface area contributed by atoms with Gasteiger partial charge in [0.1, 0.15) is 12.4 Å². The summed E-state index contributed by atoms with van der Waals surface area (Å²) in [5.41, 5.74) is 1.62. The molecule has 0 N–H and O–H groups in total. The van der Waals surface area contributed by atoms with Crippen molar-refractivity contribution in [3.63, 3.8) is 0 Å². The summed E-state index contributed by atoms with van der Waals surface area (Å²) in [7, 11) is 0. The summed E-state index contributed by atoms with van der Waals surface area (Å²) in [6.45, 7) is 0.0729. The van der Waals surface area contributed by atoms with Gasteiger partial charge < -0.3 is 4.74 Å². The number of hydrogen-bond acceptors (Lipinski definition) is 4. The molecule has 0 radical (unpaired) electrons. The van der Waals surface area contributed by atoms with Crippen molar-refractivity contribution < 1.29 is 14.1 Å². The monoisotopic (exact) mass is 442 g/mol. The third kappa shape index (κ3) is 5.15. The number of hydrogen-bond donors (Lipinski definition) is 0. The van der Waals surface area contributed by atoms with E-state index < -0.39 is 4.92 Å². The first-order valence-electron chi connectivity index (χ1n) is 8.60. The van der Waals surface area contributed by atoms with Crippen LogP contribution in [0.15, 0.2) is 60.7 Å². The van der Waals surface area contributed by atoms with Crippen LogP contribution in [0.3, 0.4) is 0 Å². The Kier molecular flexibility index (Phi) is 6.68. The number of nitriles is 1. The smallest absolute Gasteiger partial charge is 0.270 e. The molecular weight excluding hydrogens is 430 g/mol. The minimum Gasteiger partial charge on any atom is -0.486 e. The highest BCUT2D eigenvalue weighted by Crippen LogP contribution is 2.36. The lowest BCUT2D eigenvalue weighted by Crippen LogP contribution is -1.97. The molecule has 30 heavy (non-hydrogen) atoms. The van der Waals surface area contributed by atoms with E-state index >= 15 is 0 Å². The van der Waals surface area contributed by atoms with Gasteiger partial charge in [0.15, 0.2) is 5.75 Å². The van der Waals surface area contributed by atoms with Crippen LogP contribution in [0.2, 0.25) is 10.0 Å². The SMILES string of the molecule is N#C/C(=C/c1cc(Cl)c(OCc2cccc(F)c2)c(Cl)c1)c1cccc([N+](=O)[O-])c1. The second kappa shape index (κ2) is 9.40. The first-order valence-corrected chi connectivity index (χ1v) is 9.36. The van der Waals surface area contributed by atoms with Gasteiger partial charge in [0.05, 0.1) is 26.6 Å². The molecular formula is C22H13Cl2FN2O3. The van der Waals surface area contributed by atoms with Crippen molar-refractivity contribution in [2.75, 3.05) is 0 Å². The number of nitro benzene ring substituents is 1. The summed E-state index contributed by atoms with van der Waals surface area (Å²) in [5.74, 6) is -0.146. The van der Waals surface area contributed by atoms with Crippen molar-refractivity contribution >= 4 is 40.5 Å². The molecule has 0 spiro atoms. The Morgan fingerprint density at radius 1 is 1.13 bits per heavy atom. The first kappa shape index (κ1) is 21.3. The minimum atomic E-state index is -0.531. The van der Waals surface area contributed by atoms with Crippen LogP contribution in [-0.2, 0) is 6.61 Å². The number of ether oxygens (including phenoxy) is 1. The van der Waals surface area contributed by atoms with Crippen LogP contribution in [0.5, 0.6) is 5.75 Å². The lowest BCUT2D eigenvalue weighted by molar-refractivity contribution is -0.384. The molecule has 0 aliphatic heterocycles. The Morgan fingerprint density at radius 3 is 2.47 bits per heavy atom. The van der Waals surface area contributed by atoms with Crippen molar-refractivity contribution in [2.45, 2.75) is 6.61 Å². The van der Waals surface area contributed by atoms with Crippen LogP contribution in [0.1, 0.15) is 16.7 Å². The topological polar surface area (TPSA) is 76.2 Å². The fourth-order valence-corrected chi connectivity index (χ4v) is 3.33. The van der Waals surface area contributed by atoms with E-state index in [1.165, 1.54) is 36.4 Å². The third-order valence-electron chi connectivity index (χ3n) is 4.09. The van der Waals surface area contributed by atoms with Crippen molar-refractivity contribution in [2.24, 2.45) is 0 Å². The fraction of sp³-hybridized carbons (Fsp3) is 0.0455. The van der Waals surface area contributed by atoms with Gasteiger partial charge in [-0.15, -0.1) is 0 Å². The second-order valence-corrected chi connectivity index (χ2v) is 7.02. The number of halogens is 3.